The van der Waals surface area contributed by atoms with E-state index in [-0.39, 0.29) is 0 Å². The lowest BCUT2D eigenvalue weighted by Crippen LogP contribution is -2.50. The first-order valence-electron chi connectivity index (χ1n) is 7.31. The highest BCUT2D eigenvalue weighted by Crippen LogP contribution is 2.27. The Bertz CT molecular complexity index is 610. The molecule has 1 aliphatic heterocycles. The summed E-state index contributed by atoms with van der Waals surface area (Å²) in [5.41, 5.74) is 8.87. The second-order valence-corrected chi connectivity index (χ2v) is 6.76. The Balaban J connectivity index is 1.75. The minimum atomic E-state index is 0.552. The second kappa shape index (κ2) is 6.13. The van der Waals surface area contributed by atoms with E-state index in [0.717, 1.165) is 43.0 Å². The zero-order chi connectivity index (χ0) is 14.8. The van der Waals surface area contributed by atoms with Gasteiger partial charge in [0.2, 0.25) is 0 Å². The molecule has 1 saturated heterocycles. The van der Waals surface area contributed by atoms with Gasteiger partial charge < -0.3 is 15.5 Å². The lowest BCUT2D eigenvalue weighted by molar-refractivity contribution is 0.114. The molecule has 112 valence electrons. The average Bonchev–Trinajstić information content (AvgIpc) is 2.92. The minimum Gasteiger partial charge on any atom is -0.398 e. The summed E-state index contributed by atoms with van der Waals surface area (Å²) in [6.45, 7) is 3.39. The Morgan fingerprint density at radius 3 is 2.90 bits per heavy atom. The van der Waals surface area contributed by atoms with E-state index in [4.69, 9.17) is 10.7 Å². The SMILES string of the molecule is CN1CCN(C)C(Cc2nc(-c3ccccc3N)cs2)C1. The molecular formula is C16H22N4S. The normalized spacial score (nSPS) is 20.8. The summed E-state index contributed by atoms with van der Waals surface area (Å²) in [7, 11) is 4.40. The first-order chi connectivity index (χ1) is 10.1. The van der Waals surface area contributed by atoms with Crippen molar-refractivity contribution in [2.75, 3.05) is 39.5 Å². The number of likely N-dealkylation sites (N-methyl/N-ethyl adjacent to an activating group) is 2. The van der Waals surface area contributed by atoms with Gasteiger partial charge in [0.15, 0.2) is 0 Å². The number of piperazine rings is 1. The van der Waals surface area contributed by atoms with Crippen molar-refractivity contribution in [3.05, 3.63) is 34.7 Å². The number of hydrogen-bond donors (Lipinski definition) is 1. The number of nitrogen functional groups attached to an aromatic ring is 1. The van der Waals surface area contributed by atoms with Crippen molar-refractivity contribution in [1.29, 1.82) is 0 Å². The van der Waals surface area contributed by atoms with Crippen molar-refractivity contribution in [1.82, 2.24) is 14.8 Å². The van der Waals surface area contributed by atoms with Gasteiger partial charge in [-0.05, 0) is 20.2 Å². The predicted molar refractivity (Wildman–Crippen MR) is 89.6 cm³/mol. The fourth-order valence-electron chi connectivity index (χ4n) is 2.78. The van der Waals surface area contributed by atoms with E-state index in [0.29, 0.717) is 6.04 Å². The first kappa shape index (κ1) is 14.5. The van der Waals surface area contributed by atoms with E-state index in [1.807, 2.05) is 24.3 Å². The lowest BCUT2D eigenvalue weighted by atomic mass is 10.1. The largest absolute Gasteiger partial charge is 0.398 e. The summed E-state index contributed by atoms with van der Waals surface area (Å²) in [4.78, 5) is 9.63. The van der Waals surface area contributed by atoms with Crippen LogP contribution in [0, 0.1) is 0 Å². The van der Waals surface area contributed by atoms with Crippen LogP contribution in [-0.2, 0) is 6.42 Å². The number of hydrogen-bond acceptors (Lipinski definition) is 5. The van der Waals surface area contributed by atoms with Crippen molar-refractivity contribution >= 4 is 17.0 Å². The molecule has 0 aliphatic carbocycles. The van der Waals surface area contributed by atoms with Gasteiger partial charge in [-0.3, -0.25) is 0 Å². The van der Waals surface area contributed by atoms with Gasteiger partial charge in [0, 0.05) is 48.7 Å². The van der Waals surface area contributed by atoms with Crippen LogP contribution in [-0.4, -0.2) is 54.6 Å². The highest BCUT2D eigenvalue weighted by Gasteiger charge is 2.23. The molecule has 1 fully saturated rings. The maximum atomic E-state index is 6.04. The maximum absolute atomic E-state index is 6.04. The molecule has 2 N–H and O–H groups in total. The van der Waals surface area contributed by atoms with E-state index < -0.39 is 0 Å². The topological polar surface area (TPSA) is 45.4 Å². The molecule has 1 aliphatic rings. The Hall–Kier alpha value is -1.43. The van der Waals surface area contributed by atoms with Crippen molar-refractivity contribution in [2.45, 2.75) is 12.5 Å². The summed E-state index contributed by atoms with van der Waals surface area (Å²) >= 11 is 1.74. The molecular weight excluding hydrogens is 280 g/mol. The van der Waals surface area contributed by atoms with Crippen molar-refractivity contribution in [2.24, 2.45) is 0 Å². The summed E-state index contributed by atoms with van der Waals surface area (Å²) in [5.74, 6) is 0. The highest BCUT2D eigenvalue weighted by molar-refractivity contribution is 7.10. The van der Waals surface area contributed by atoms with Gasteiger partial charge >= 0.3 is 0 Å². The van der Waals surface area contributed by atoms with Crippen molar-refractivity contribution < 1.29 is 0 Å². The quantitative estimate of drug-likeness (QED) is 0.883. The molecule has 2 aromatic rings. The zero-order valence-electron chi connectivity index (χ0n) is 12.6. The van der Waals surface area contributed by atoms with Gasteiger partial charge in [0.1, 0.15) is 0 Å². The maximum Gasteiger partial charge on any atom is 0.0948 e. The monoisotopic (exact) mass is 302 g/mol. The molecule has 1 aromatic heterocycles. The van der Waals surface area contributed by atoms with Crippen LogP contribution in [0.2, 0.25) is 0 Å². The fraction of sp³-hybridized carbons (Fsp3) is 0.438. The van der Waals surface area contributed by atoms with Crippen LogP contribution in [0.4, 0.5) is 5.69 Å². The zero-order valence-corrected chi connectivity index (χ0v) is 13.4. The van der Waals surface area contributed by atoms with Crippen molar-refractivity contribution in [3.63, 3.8) is 0 Å². The third kappa shape index (κ3) is 3.26. The van der Waals surface area contributed by atoms with E-state index in [1.165, 1.54) is 5.01 Å². The Kier molecular flexibility index (Phi) is 4.24. The van der Waals surface area contributed by atoms with Gasteiger partial charge in [-0.15, -0.1) is 11.3 Å². The summed E-state index contributed by atoms with van der Waals surface area (Å²) in [5, 5.41) is 3.31. The second-order valence-electron chi connectivity index (χ2n) is 5.81. The Morgan fingerprint density at radius 2 is 2.10 bits per heavy atom. The molecule has 1 atom stereocenters. The van der Waals surface area contributed by atoms with E-state index in [2.05, 4.69) is 29.3 Å². The Morgan fingerprint density at radius 1 is 1.29 bits per heavy atom. The van der Waals surface area contributed by atoms with Crippen LogP contribution >= 0.6 is 11.3 Å². The van der Waals surface area contributed by atoms with Crippen LogP contribution in [0.5, 0.6) is 0 Å². The van der Waals surface area contributed by atoms with E-state index >= 15 is 0 Å². The fourth-order valence-corrected chi connectivity index (χ4v) is 3.65. The van der Waals surface area contributed by atoms with Gasteiger partial charge in [-0.2, -0.15) is 0 Å². The molecule has 2 heterocycles. The molecule has 1 aromatic carbocycles. The predicted octanol–water partition coefficient (Wildman–Crippen LogP) is 2.18. The van der Waals surface area contributed by atoms with Gasteiger partial charge in [-0.1, -0.05) is 18.2 Å². The van der Waals surface area contributed by atoms with Crippen molar-refractivity contribution in [3.8, 4) is 11.3 Å². The van der Waals surface area contributed by atoms with Gasteiger partial charge in [-0.25, -0.2) is 4.98 Å². The number of thiazole rings is 1. The van der Waals surface area contributed by atoms with Crippen LogP contribution in [0.3, 0.4) is 0 Å². The van der Waals surface area contributed by atoms with Crippen LogP contribution < -0.4 is 5.73 Å². The van der Waals surface area contributed by atoms with E-state index in [9.17, 15) is 0 Å². The van der Waals surface area contributed by atoms with Gasteiger partial charge in [0.25, 0.3) is 0 Å². The van der Waals surface area contributed by atoms with Crippen LogP contribution in [0.15, 0.2) is 29.6 Å². The smallest absolute Gasteiger partial charge is 0.0948 e. The molecule has 0 radical (unpaired) electrons. The highest BCUT2D eigenvalue weighted by atomic mass is 32.1. The average molecular weight is 302 g/mol. The number of nitrogens with zero attached hydrogens (tertiary/aromatic N) is 3. The molecule has 0 spiro atoms. The molecule has 1 unspecified atom stereocenters. The molecule has 5 heteroatoms. The molecule has 0 amide bonds. The summed E-state index contributed by atoms with van der Waals surface area (Å²) in [6, 6.07) is 8.48. The number of anilines is 1. The Labute approximate surface area is 130 Å². The third-order valence-corrected chi connectivity index (χ3v) is 5.05. The first-order valence-corrected chi connectivity index (χ1v) is 8.19. The summed E-state index contributed by atoms with van der Waals surface area (Å²) in [6.07, 6.45) is 1.01. The molecule has 0 bridgehead atoms. The van der Waals surface area contributed by atoms with Crippen LogP contribution in [0.25, 0.3) is 11.3 Å². The lowest BCUT2D eigenvalue weighted by Gasteiger charge is -2.37. The summed E-state index contributed by atoms with van der Waals surface area (Å²) < 4.78 is 0. The number of para-hydroxylation sites is 1. The van der Waals surface area contributed by atoms with E-state index in [1.54, 1.807) is 11.3 Å². The van der Waals surface area contributed by atoms with Gasteiger partial charge in [0.05, 0.1) is 10.7 Å². The molecule has 3 rings (SSSR count). The minimum absolute atomic E-state index is 0.552. The molecule has 4 nitrogen and oxygen atoms in total. The number of nitrogens with two attached hydrogens (primary N) is 1. The number of rotatable bonds is 3. The third-order valence-electron chi connectivity index (χ3n) is 4.18. The molecule has 0 saturated carbocycles. The molecule has 21 heavy (non-hydrogen) atoms. The standard InChI is InChI=1S/C16H22N4S/c1-19-7-8-20(2)12(10-19)9-16-18-15(11-21-16)13-5-3-4-6-14(13)17/h3-6,11-12H,7-10,17H2,1-2H3. The number of aromatic nitrogens is 1. The number of benzene rings is 1. The van der Waals surface area contributed by atoms with Crippen LogP contribution in [0.1, 0.15) is 5.01 Å².